The zero-order chi connectivity index (χ0) is 16.4. The molecule has 8 heteroatoms. The van der Waals surface area contributed by atoms with Crippen LogP contribution in [0.1, 0.15) is 16.1 Å². The van der Waals surface area contributed by atoms with Gasteiger partial charge in [-0.2, -0.15) is 0 Å². The van der Waals surface area contributed by atoms with Gasteiger partial charge in [0.05, 0.1) is 16.6 Å². The van der Waals surface area contributed by atoms with E-state index in [4.69, 9.17) is 4.42 Å². The fourth-order valence-corrected chi connectivity index (χ4v) is 2.91. The van der Waals surface area contributed by atoms with Crippen LogP contribution in [0.3, 0.4) is 0 Å². The average molecular weight is 329 g/mol. The lowest BCUT2D eigenvalue weighted by Crippen LogP contribution is -2.11. The molecule has 0 fully saturated rings. The number of thiazole rings is 1. The summed E-state index contributed by atoms with van der Waals surface area (Å²) in [6.07, 6.45) is 0. The monoisotopic (exact) mass is 329 g/mol. The van der Waals surface area contributed by atoms with E-state index in [0.717, 1.165) is 0 Å². The quantitative estimate of drug-likeness (QED) is 0.578. The molecule has 0 aliphatic carbocycles. The Hall–Kier alpha value is -3.00. The molecule has 7 nitrogen and oxygen atoms in total. The Kier molecular flexibility index (Phi) is 3.90. The third kappa shape index (κ3) is 3.11. The molecule has 2 heterocycles. The van der Waals surface area contributed by atoms with Crippen LogP contribution in [0.25, 0.3) is 10.6 Å². The van der Waals surface area contributed by atoms with Gasteiger partial charge in [0, 0.05) is 5.56 Å². The molecule has 0 saturated carbocycles. The number of aromatic nitrogens is 1. The fourth-order valence-electron chi connectivity index (χ4n) is 1.99. The van der Waals surface area contributed by atoms with Gasteiger partial charge >= 0.3 is 5.88 Å². The lowest BCUT2D eigenvalue weighted by atomic mass is 10.2. The van der Waals surface area contributed by atoms with Crippen LogP contribution in [0.5, 0.6) is 0 Å². The summed E-state index contributed by atoms with van der Waals surface area (Å²) in [4.78, 5) is 27.1. The van der Waals surface area contributed by atoms with Crippen LogP contribution >= 0.6 is 11.3 Å². The van der Waals surface area contributed by atoms with Gasteiger partial charge in [-0.1, -0.05) is 29.5 Å². The minimum Gasteiger partial charge on any atom is -0.400 e. The zero-order valence-corrected chi connectivity index (χ0v) is 12.8. The van der Waals surface area contributed by atoms with Crippen LogP contribution < -0.4 is 5.32 Å². The van der Waals surface area contributed by atoms with Crippen molar-refractivity contribution >= 4 is 28.3 Å². The Morgan fingerprint density at radius 1 is 1.26 bits per heavy atom. The number of carbonyl (C=O) groups is 1. The molecule has 0 spiro atoms. The zero-order valence-electron chi connectivity index (χ0n) is 12.0. The molecule has 0 radical (unpaired) electrons. The number of amides is 1. The molecular weight excluding hydrogens is 318 g/mol. The normalized spacial score (nSPS) is 10.5. The van der Waals surface area contributed by atoms with E-state index in [-0.39, 0.29) is 11.8 Å². The molecule has 2 aromatic heterocycles. The first-order chi connectivity index (χ1) is 11.0. The first kappa shape index (κ1) is 14.9. The lowest BCUT2D eigenvalue weighted by Gasteiger charge is -2.00. The highest BCUT2D eigenvalue weighted by molar-refractivity contribution is 7.19. The Labute approximate surface area is 134 Å². The second-order valence-electron chi connectivity index (χ2n) is 4.65. The standard InChI is InChI=1S/C15H11N3O4S/c1-9-13(11-7-8-12(22-11)18(20)21)23-15(16-9)17-14(19)10-5-3-2-4-6-10/h2-8H,1H3,(H,16,17,19). The van der Waals surface area contributed by atoms with E-state index >= 15 is 0 Å². The van der Waals surface area contributed by atoms with E-state index in [9.17, 15) is 14.9 Å². The van der Waals surface area contributed by atoms with Gasteiger partial charge in [-0.05, 0) is 25.1 Å². The molecule has 3 rings (SSSR count). The Morgan fingerprint density at radius 2 is 2.00 bits per heavy atom. The highest BCUT2D eigenvalue weighted by atomic mass is 32.1. The van der Waals surface area contributed by atoms with Crippen molar-refractivity contribution in [2.24, 2.45) is 0 Å². The molecule has 0 aliphatic rings. The van der Waals surface area contributed by atoms with Crippen molar-refractivity contribution < 1.29 is 14.1 Å². The van der Waals surface area contributed by atoms with Crippen LogP contribution in [-0.2, 0) is 0 Å². The predicted octanol–water partition coefficient (Wildman–Crippen LogP) is 3.87. The number of furan rings is 1. The van der Waals surface area contributed by atoms with Gasteiger partial charge in [-0.25, -0.2) is 4.98 Å². The summed E-state index contributed by atoms with van der Waals surface area (Å²) in [6.45, 7) is 1.75. The maximum atomic E-state index is 12.1. The summed E-state index contributed by atoms with van der Waals surface area (Å²) in [5.74, 6) is -0.245. The highest BCUT2D eigenvalue weighted by Crippen LogP contribution is 2.35. The van der Waals surface area contributed by atoms with Gasteiger partial charge in [-0.15, -0.1) is 0 Å². The number of anilines is 1. The van der Waals surface area contributed by atoms with Crippen LogP contribution in [0.4, 0.5) is 11.0 Å². The highest BCUT2D eigenvalue weighted by Gasteiger charge is 2.18. The summed E-state index contributed by atoms with van der Waals surface area (Å²) in [7, 11) is 0. The summed E-state index contributed by atoms with van der Waals surface area (Å²) < 4.78 is 5.17. The maximum absolute atomic E-state index is 12.1. The number of carbonyl (C=O) groups excluding carboxylic acids is 1. The van der Waals surface area contributed by atoms with E-state index < -0.39 is 4.92 Å². The SMILES string of the molecule is Cc1nc(NC(=O)c2ccccc2)sc1-c1ccc([N+](=O)[O-])o1. The number of benzene rings is 1. The van der Waals surface area contributed by atoms with Crippen molar-refractivity contribution in [2.45, 2.75) is 6.92 Å². The smallest absolute Gasteiger partial charge is 0.400 e. The minimum absolute atomic E-state index is 0.267. The molecule has 0 bridgehead atoms. The first-order valence-corrected chi connectivity index (χ1v) is 7.44. The number of hydrogen-bond acceptors (Lipinski definition) is 6. The van der Waals surface area contributed by atoms with E-state index in [1.165, 1.54) is 23.5 Å². The summed E-state index contributed by atoms with van der Waals surface area (Å²) >= 11 is 1.20. The average Bonchev–Trinajstić information content (AvgIpc) is 3.15. The van der Waals surface area contributed by atoms with Gasteiger partial charge in [0.1, 0.15) is 4.92 Å². The molecule has 1 N–H and O–H groups in total. The fraction of sp³-hybridized carbons (Fsp3) is 0.0667. The third-order valence-corrected chi connectivity index (χ3v) is 4.14. The molecule has 1 aromatic carbocycles. The molecule has 0 unspecified atom stereocenters. The van der Waals surface area contributed by atoms with Gasteiger partial charge in [-0.3, -0.25) is 20.2 Å². The third-order valence-electron chi connectivity index (χ3n) is 3.05. The van der Waals surface area contributed by atoms with E-state index in [1.54, 1.807) is 31.2 Å². The molecular formula is C15H11N3O4S. The van der Waals surface area contributed by atoms with E-state index in [2.05, 4.69) is 10.3 Å². The predicted molar refractivity (Wildman–Crippen MR) is 85.6 cm³/mol. The Balaban J connectivity index is 1.83. The number of aryl methyl sites for hydroxylation is 1. The maximum Gasteiger partial charge on any atom is 0.433 e. The van der Waals surface area contributed by atoms with Gasteiger partial charge in [0.15, 0.2) is 10.9 Å². The van der Waals surface area contributed by atoms with Crippen molar-refractivity contribution in [1.29, 1.82) is 0 Å². The van der Waals surface area contributed by atoms with E-state index in [1.807, 2.05) is 6.07 Å². The number of hydrogen-bond donors (Lipinski definition) is 1. The molecule has 1 amide bonds. The minimum atomic E-state index is -0.599. The number of nitrogens with zero attached hydrogens (tertiary/aromatic N) is 2. The number of nitrogens with one attached hydrogen (secondary N) is 1. The second kappa shape index (κ2) is 6.01. The van der Waals surface area contributed by atoms with E-state index in [0.29, 0.717) is 27.0 Å². The summed E-state index contributed by atoms with van der Waals surface area (Å²) in [5, 5.41) is 13.8. The number of rotatable bonds is 4. The molecule has 0 aliphatic heterocycles. The van der Waals surface area contributed by atoms with Crippen molar-refractivity contribution in [3.05, 3.63) is 63.8 Å². The molecule has 116 valence electrons. The second-order valence-corrected chi connectivity index (χ2v) is 5.65. The number of nitro groups is 1. The van der Waals surface area contributed by atoms with Gasteiger partial charge in [0.2, 0.25) is 0 Å². The van der Waals surface area contributed by atoms with Crippen molar-refractivity contribution in [3.63, 3.8) is 0 Å². The van der Waals surface area contributed by atoms with Crippen LogP contribution in [0.2, 0.25) is 0 Å². The molecule has 3 aromatic rings. The molecule has 0 atom stereocenters. The Morgan fingerprint density at radius 3 is 2.65 bits per heavy atom. The summed E-state index contributed by atoms with van der Waals surface area (Å²) in [5.41, 5.74) is 1.15. The lowest BCUT2D eigenvalue weighted by molar-refractivity contribution is -0.401. The largest absolute Gasteiger partial charge is 0.433 e. The topological polar surface area (TPSA) is 98.3 Å². The molecule has 0 saturated heterocycles. The van der Waals surface area contributed by atoms with Gasteiger partial charge < -0.3 is 4.42 Å². The van der Waals surface area contributed by atoms with Crippen molar-refractivity contribution in [1.82, 2.24) is 4.98 Å². The first-order valence-electron chi connectivity index (χ1n) is 6.63. The molecule has 23 heavy (non-hydrogen) atoms. The van der Waals surface area contributed by atoms with Crippen LogP contribution in [0.15, 0.2) is 46.9 Å². The van der Waals surface area contributed by atoms with Crippen LogP contribution in [0, 0.1) is 17.0 Å². The van der Waals surface area contributed by atoms with Crippen LogP contribution in [-0.4, -0.2) is 15.8 Å². The van der Waals surface area contributed by atoms with Crippen molar-refractivity contribution in [2.75, 3.05) is 5.32 Å². The van der Waals surface area contributed by atoms with Gasteiger partial charge in [0.25, 0.3) is 5.91 Å². The summed E-state index contributed by atoms with van der Waals surface area (Å²) in [6, 6.07) is 11.6. The van der Waals surface area contributed by atoms with Crippen molar-refractivity contribution in [3.8, 4) is 10.6 Å². The Bertz CT molecular complexity index is 870.